The number of nitrogens with zero attached hydrogens (tertiary/aromatic N) is 2. The molecule has 1 aliphatic heterocycles. The number of pyridine rings is 1. The Hall–Kier alpha value is -1.13. The van der Waals surface area contributed by atoms with E-state index in [9.17, 15) is 0 Å². The highest BCUT2D eigenvalue weighted by atomic mass is 16.5. The topological polar surface area (TPSA) is 51.4 Å². The Morgan fingerprint density at radius 1 is 1.53 bits per heavy atom. The fraction of sp³-hybridized carbons (Fsp3) is 0.615. The summed E-state index contributed by atoms with van der Waals surface area (Å²) in [5.41, 5.74) is 6.97. The van der Waals surface area contributed by atoms with Crippen LogP contribution in [0, 0.1) is 0 Å². The Morgan fingerprint density at radius 2 is 2.29 bits per heavy atom. The van der Waals surface area contributed by atoms with Crippen LogP contribution in [0.5, 0.6) is 0 Å². The molecular formula is C13H21N3O. The largest absolute Gasteiger partial charge is 0.372 e. The van der Waals surface area contributed by atoms with Gasteiger partial charge in [0.25, 0.3) is 0 Å². The zero-order valence-corrected chi connectivity index (χ0v) is 10.8. The molecule has 1 aromatic heterocycles. The van der Waals surface area contributed by atoms with Gasteiger partial charge in [-0.25, -0.2) is 4.98 Å². The third-order valence-corrected chi connectivity index (χ3v) is 3.03. The van der Waals surface area contributed by atoms with Crippen molar-refractivity contribution >= 4 is 5.82 Å². The van der Waals surface area contributed by atoms with Gasteiger partial charge in [0.05, 0.1) is 12.2 Å². The van der Waals surface area contributed by atoms with Crippen LogP contribution in [0.25, 0.3) is 0 Å². The van der Waals surface area contributed by atoms with Gasteiger partial charge in [0.1, 0.15) is 5.82 Å². The maximum Gasteiger partial charge on any atom is 0.133 e. The Balaban J connectivity index is 2.27. The number of aromatic nitrogens is 1. The van der Waals surface area contributed by atoms with Crippen molar-refractivity contribution in [1.29, 1.82) is 0 Å². The molecule has 0 saturated carbocycles. The van der Waals surface area contributed by atoms with Gasteiger partial charge >= 0.3 is 0 Å². The first-order chi connectivity index (χ1) is 7.99. The number of anilines is 1. The van der Waals surface area contributed by atoms with Crippen LogP contribution in [0.1, 0.15) is 32.4 Å². The van der Waals surface area contributed by atoms with Crippen LogP contribution in [0.4, 0.5) is 5.82 Å². The van der Waals surface area contributed by atoms with Crippen LogP contribution in [0.3, 0.4) is 0 Å². The Morgan fingerprint density at radius 3 is 2.94 bits per heavy atom. The summed E-state index contributed by atoms with van der Waals surface area (Å²) in [4.78, 5) is 6.75. The lowest BCUT2D eigenvalue weighted by atomic mass is 10.1. The smallest absolute Gasteiger partial charge is 0.133 e. The normalized spacial score (nSPS) is 21.3. The predicted octanol–water partition coefficient (Wildman–Crippen LogP) is 1.72. The highest BCUT2D eigenvalue weighted by molar-refractivity contribution is 5.48. The van der Waals surface area contributed by atoms with Crippen molar-refractivity contribution in [3.8, 4) is 0 Å². The molecule has 94 valence electrons. The van der Waals surface area contributed by atoms with Crippen LogP contribution < -0.4 is 10.6 Å². The summed E-state index contributed by atoms with van der Waals surface area (Å²) < 4.78 is 5.72. The first-order valence-electron chi connectivity index (χ1n) is 6.09. The Bertz CT molecular complexity index is 390. The van der Waals surface area contributed by atoms with E-state index < -0.39 is 0 Å². The molecule has 2 N–H and O–H groups in total. The maximum absolute atomic E-state index is 5.99. The molecule has 17 heavy (non-hydrogen) atoms. The molecule has 1 atom stereocenters. The average molecular weight is 235 g/mol. The molecule has 4 heteroatoms. The molecule has 0 aromatic carbocycles. The quantitative estimate of drug-likeness (QED) is 0.848. The van der Waals surface area contributed by atoms with Crippen LogP contribution in [-0.2, 0) is 4.74 Å². The van der Waals surface area contributed by atoms with E-state index >= 15 is 0 Å². The second kappa shape index (κ2) is 4.63. The van der Waals surface area contributed by atoms with Gasteiger partial charge < -0.3 is 15.4 Å². The lowest BCUT2D eigenvalue weighted by molar-refractivity contribution is -0.0279. The number of hydrogen-bond acceptors (Lipinski definition) is 4. The fourth-order valence-corrected chi connectivity index (χ4v) is 2.23. The summed E-state index contributed by atoms with van der Waals surface area (Å²) in [5.74, 6) is 0.999. The van der Waals surface area contributed by atoms with E-state index in [1.54, 1.807) is 0 Å². The molecule has 2 rings (SSSR count). The monoisotopic (exact) mass is 235 g/mol. The minimum Gasteiger partial charge on any atom is -0.372 e. The maximum atomic E-state index is 5.99. The molecule has 0 bridgehead atoms. The second-order valence-electron chi connectivity index (χ2n) is 5.23. The number of hydrogen-bond donors (Lipinski definition) is 1. The molecule has 1 aliphatic rings. The summed E-state index contributed by atoms with van der Waals surface area (Å²) in [6.45, 7) is 8.67. The van der Waals surface area contributed by atoms with Crippen LogP contribution in [-0.4, -0.2) is 30.3 Å². The molecule has 0 amide bonds. The number of ether oxygens (including phenoxy) is 1. The summed E-state index contributed by atoms with van der Waals surface area (Å²) in [6.07, 6.45) is 1.82. The first kappa shape index (κ1) is 12.3. The zero-order chi connectivity index (χ0) is 12.5. The number of rotatable bonds is 2. The van der Waals surface area contributed by atoms with E-state index in [2.05, 4.69) is 29.8 Å². The van der Waals surface area contributed by atoms with Gasteiger partial charge in [0.2, 0.25) is 0 Å². The molecule has 0 aliphatic carbocycles. The van der Waals surface area contributed by atoms with Gasteiger partial charge in [0, 0.05) is 30.9 Å². The number of morpholine rings is 1. The fourth-order valence-electron chi connectivity index (χ4n) is 2.23. The van der Waals surface area contributed by atoms with Gasteiger partial charge in [-0.15, -0.1) is 0 Å². The predicted molar refractivity (Wildman–Crippen MR) is 69.1 cm³/mol. The molecule has 0 radical (unpaired) electrons. The van der Waals surface area contributed by atoms with E-state index in [-0.39, 0.29) is 11.6 Å². The van der Waals surface area contributed by atoms with E-state index in [0.717, 1.165) is 31.1 Å². The van der Waals surface area contributed by atoms with Crippen molar-refractivity contribution in [2.45, 2.75) is 32.4 Å². The second-order valence-corrected chi connectivity index (χ2v) is 5.23. The van der Waals surface area contributed by atoms with E-state index in [0.29, 0.717) is 0 Å². The standard InChI is InChI=1S/C13H21N3O/c1-10(14)11-5-4-6-15-12(11)16-7-8-17-13(2,3)9-16/h4-6,10H,7-9,14H2,1-3H3/t10-/m0/s1. The van der Waals surface area contributed by atoms with E-state index in [4.69, 9.17) is 10.5 Å². The van der Waals surface area contributed by atoms with Crippen molar-refractivity contribution in [3.63, 3.8) is 0 Å². The molecule has 2 heterocycles. The van der Waals surface area contributed by atoms with Crippen molar-refractivity contribution in [1.82, 2.24) is 4.98 Å². The van der Waals surface area contributed by atoms with E-state index in [1.807, 2.05) is 19.2 Å². The highest BCUT2D eigenvalue weighted by Crippen LogP contribution is 2.26. The van der Waals surface area contributed by atoms with Gasteiger partial charge in [-0.05, 0) is 26.8 Å². The first-order valence-corrected chi connectivity index (χ1v) is 6.09. The molecule has 4 nitrogen and oxygen atoms in total. The molecular weight excluding hydrogens is 214 g/mol. The molecule has 1 fully saturated rings. The third-order valence-electron chi connectivity index (χ3n) is 3.03. The van der Waals surface area contributed by atoms with Gasteiger partial charge in [0.15, 0.2) is 0 Å². The van der Waals surface area contributed by atoms with E-state index in [1.165, 1.54) is 0 Å². The van der Waals surface area contributed by atoms with Crippen molar-refractivity contribution in [2.75, 3.05) is 24.6 Å². The summed E-state index contributed by atoms with van der Waals surface area (Å²) in [7, 11) is 0. The minimum atomic E-state index is -0.120. The van der Waals surface area contributed by atoms with Crippen molar-refractivity contribution in [3.05, 3.63) is 23.9 Å². The molecule has 1 saturated heterocycles. The van der Waals surface area contributed by atoms with Crippen LogP contribution >= 0.6 is 0 Å². The SMILES string of the molecule is C[C@H](N)c1cccnc1N1CCOC(C)(C)C1. The Kier molecular flexibility index (Phi) is 3.35. The molecule has 0 unspecified atom stereocenters. The summed E-state index contributed by atoms with van der Waals surface area (Å²) in [6, 6.07) is 3.99. The lowest BCUT2D eigenvalue weighted by Crippen LogP contribution is -2.49. The zero-order valence-electron chi connectivity index (χ0n) is 10.8. The van der Waals surface area contributed by atoms with Crippen LogP contribution in [0.2, 0.25) is 0 Å². The molecule has 0 spiro atoms. The van der Waals surface area contributed by atoms with Gasteiger partial charge in [-0.2, -0.15) is 0 Å². The molecule has 1 aromatic rings. The van der Waals surface area contributed by atoms with Gasteiger partial charge in [-0.3, -0.25) is 0 Å². The summed E-state index contributed by atoms with van der Waals surface area (Å²) in [5, 5.41) is 0. The summed E-state index contributed by atoms with van der Waals surface area (Å²) >= 11 is 0. The lowest BCUT2D eigenvalue weighted by Gasteiger charge is -2.39. The Labute approximate surface area is 103 Å². The average Bonchev–Trinajstić information content (AvgIpc) is 2.27. The minimum absolute atomic E-state index is 0.00431. The number of nitrogens with two attached hydrogens (primary N) is 1. The third kappa shape index (κ3) is 2.76. The van der Waals surface area contributed by atoms with Crippen molar-refractivity contribution < 1.29 is 4.74 Å². The van der Waals surface area contributed by atoms with Crippen LogP contribution in [0.15, 0.2) is 18.3 Å². The van der Waals surface area contributed by atoms with Crippen molar-refractivity contribution in [2.24, 2.45) is 5.73 Å². The van der Waals surface area contributed by atoms with Gasteiger partial charge in [-0.1, -0.05) is 6.07 Å². The highest BCUT2D eigenvalue weighted by Gasteiger charge is 2.29.